The van der Waals surface area contributed by atoms with Gasteiger partial charge in [0.05, 0.1) is 0 Å². The molecule has 3 heteroatoms. The summed E-state index contributed by atoms with van der Waals surface area (Å²) < 4.78 is 0. The van der Waals surface area contributed by atoms with E-state index >= 15 is 0 Å². The Labute approximate surface area is 118 Å². The molecule has 114 valence electrons. The van der Waals surface area contributed by atoms with Crippen LogP contribution in [0.3, 0.4) is 0 Å². The lowest BCUT2D eigenvalue weighted by Gasteiger charge is -2.06. The van der Waals surface area contributed by atoms with Gasteiger partial charge in [0.1, 0.15) is 0 Å². The Bertz CT molecular complexity index is 207. The average Bonchev–Trinajstić information content (AvgIpc) is 2.34. The van der Waals surface area contributed by atoms with Crippen LogP contribution < -0.4 is 0 Å². The van der Waals surface area contributed by atoms with Crippen LogP contribution in [0.25, 0.3) is 0 Å². The zero-order valence-corrected chi connectivity index (χ0v) is 12.5. The van der Waals surface area contributed by atoms with Crippen LogP contribution in [0.2, 0.25) is 0 Å². The summed E-state index contributed by atoms with van der Waals surface area (Å²) in [5, 5.41) is 25.9. The molecule has 0 aromatic carbocycles. The highest BCUT2D eigenvalue weighted by Gasteiger charge is 2.10. The molecule has 0 amide bonds. The van der Waals surface area contributed by atoms with E-state index in [9.17, 15) is 0 Å². The maximum atomic E-state index is 8.62. The molecular weight excluding hydrogens is 240 g/mol. The predicted molar refractivity (Wildman–Crippen MR) is 79.6 cm³/mol. The van der Waals surface area contributed by atoms with Crippen LogP contribution in [0.5, 0.6) is 0 Å². The highest BCUT2D eigenvalue weighted by atomic mass is 16.7. The average molecular weight is 272 g/mol. The minimum absolute atomic E-state index is 0.792. The van der Waals surface area contributed by atoms with Crippen molar-refractivity contribution in [3.8, 4) is 0 Å². The van der Waals surface area contributed by atoms with Gasteiger partial charge in [-0.05, 0) is 18.9 Å². The van der Waals surface area contributed by atoms with E-state index in [0.29, 0.717) is 0 Å². The highest BCUT2D eigenvalue weighted by molar-refractivity contribution is 4.87. The third-order valence-electron chi connectivity index (χ3n) is 3.32. The largest absolute Gasteiger partial charge is 0.340 e. The number of allylic oxidation sites excluding steroid dienone is 1. The van der Waals surface area contributed by atoms with Gasteiger partial charge < -0.3 is 15.3 Å². The summed E-state index contributed by atoms with van der Waals surface area (Å²) in [6.45, 7) is 2.25. The second kappa shape index (κ2) is 12.6. The first kappa shape index (κ1) is 18.6. The van der Waals surface area contributed by atoms with E-state index in [1.165, 1.54) is 64.2 Å². The summed E-state index contributed by atoms with van der Waals surface area (Å²) >= 11 is 0. The molecular formula is C16H32O3. The zero-order valence-electron chi connectivity index (χ0n) is 12.5. The van der Waals surface area contributed by atoms with Crippen LogP contribution in [-0.4, -0.2) is 21.3 Å². The molecule has 0 spiro atoms. The number of unbranched alkanes of at least 4 members (excludes halogenated alkanes) is 11. The summed E-state index contributed by atoms with van der Waals surface area (Å²) in [7, 11) is 0. The molecule has 0 bridgehead atoms. The third kappa shape index (κ3) is 17.6. The predicted octanol–water partition coefficient (Wildman–Crippen LogP) is 3.87. The molecule has 19 heavy (non-hydrogen) atoms. The molecule has 0 aliphatic heterocycles. The van der Waals surface area contributed by atoms with Crippen molar-refractivity contribution in [2.45, 2.75) is 89.9 Å². The van der Waals surface area contributed by atoms with E-state index in [-0.39, 0.29) is 0 Å². The molecule has 0 heterocycles. The SMILES string of the molecule is CCCCCCCCCCCCC/C=C/C(O)(O)O. The number of hydrogen-bond acceptors (Lipinski definition) is 3. The van der Waals surface area contributed by atoms with E-state index in [4.69, 9.17) is 15.3 Å². The Hall–Kier alpha value is -0.380. The molecule has 3 N–H and O–H groups in total. The minimum atomic E-state index is -2.64. The first-order chi connectivity index (χ1) is 9.06. The minimum Gasteiger partial charge on any atom is -0.340 e. The summed E-state index contributed by atoms with van der Waals surface area (Å²) in [5.41, 5.74) is 0. The highest BCUT2D eigenvalue weighted by Crippen LogP contribution is 2.12. The molecule has 0 aliphatic rings. The van der Waals surface area contributed by atoms with E-state index in [1.807, 2.05) is 0 Å². The molecule has 0 aromatic rings. The van der Waals surface area contributed by atoms with Crippen molar-refractivity contribution in [2.75, 3.05) is 0 Å². The van der Waals surface area contributed by atoms with Gasteiger partial charge in [0.15, 0.2) is 0 Å². The Morgan fingerprint density at radius 1 is 0.684 bits per heavy atom. The Morgan fingerprint density at radius 2 is 1.11 bits per heavy atom. The van der Waals surface area contributed by atoms with Gasteiger partial charge in [-0.3, -0.25) is 0 Å². The van der Waals surface area contributed by atoms with Crippen LogP contribution in [0.4, 0.5) is 0 Å². The first-order valence-electron chi connectivity index (χ1n) is 7.91. The first-order valence-corrected chi connectivity index (χ1v) is 7.91. The van der Waals surface area contributed by atoms with E-state index < -0.39 is 5.97 Å². The maximum Gasteiger partial charge on any atom is 0.297 e. The topological polar surface area (TPSA) is 60.7 Å². The van der Waals surface area contributed by atoms with Crippen LogP contribution in [0.1, 0.15) is 84.0 Å². The third-order valence-corrected chi connectivity index (χ3v) is 3.32. The molecule has 0 rings (SSSR count). The summed E-state index contributed by atoms with van der Waals surface area (Å²) in [6.07, 6.45) is 17.8. The van der Waals surface area contributed by atoms with E-state index in [0.717, 1.165) is 18.9 Å². The van der Waals surface area contributed by atoms with Gasteiger partial charge in [-0.1, -0.05) is 77.2 Å². The van der Waals surface area contributed by atoms with Gasteiger partial charge in [0, 0.05) is 0 Å². The number of rotatable bonds is 13. The monoisotopic (exact) mass is 272 g/mol. The quantitative estimate of drug-likeness (QED) is 0.271. The Kier molecular flexibility index (Phi) is 12.4. The van der Waals surface area contributed by atoms with Crippen molar-refractivity contribution < 1.29 is 15.3 Å². The maximum absolute atomic E-state index is 8.62. The lowest BCUT2D eigenvalue weighted by molar-refractivity contribution is -0.273. The molecule has 0 unspecified atom stereocenters. The van der Waals surface area contributed by atoms with E-state index in [2.05, 4.69) is 6.92 Å². The summed E-state index contributed by atoms with van der Waals surface area (Å²) in [6, 6.07) is 0. The van der Waals surface area contributed by atoms with Crippen molar-refractivity contribution in [1.82, 2.24) is 0 Å². The lowest BCUT2D eigenvalue weighted by Crippen LogP contribution is -2.23. The van der Waals surface area contributed by atoms with Gasteiger partial charge in [0.25, 0.3) is 5.97 Å². The van der Waals surface area contributed by atoms with Crippen molar-refractivity contribution in [1.29, 1.82) is 0 Å². The Balaban J connectivity index is 3.09. The molecule has 0 aromatic heterocycles. The molecule has 0 saturated heterocycles. The van der Waals surface area contributed by atoms with Crippen molar-refractivity contribution in [3.63, 3.8) is 0 Å². The summed E-state index contributed by atoms with van der Waals surface area (Å²) in [4.78, 5) is 0. The summed E-state index contributed by atoms with van der Waals surface area (Å²) in [5.74, 6) is -2.64. The normalized spacial score (nSPS) is 12.4. The fourth-order valence-electron chi connectivity index (χ4n) is 2.17. The smallest absolute Gasteiger partial charge is 0.297 e. The van der Waals surface area contributed by atoms with Crippen LogP contribution in [0.15, 0.2) is 12.2 Å². The molecule has 0 atom stereocenters. The zero-order chi connectivity index (χ0) is 14.4. The van der Waals surface area contributed by atoms with Crippen molar-refractivity contribution >= 4 is 0 Å². The van der Waals surface area contributed by atoms with E-state index in [1.54, 1.807) is 6.08 Å². The Morgan fingerprint density at radius 3 is 1.53 bits per heavy atom. The van der Waals surface area contributed by atoms with Gasteiger partial charge in [-0.15, -0.1) is 0 Å². The number of aliphatic hydroxyl groups is 3. The van der Waals surface area contributed by atoms with Gasteiger partial charge in [-0.2, -0.15) is 0 Å². The van der Waals surface area contributed by atoms with Crippen LogP contribution in [0, 0.1) is 0 Å². The molecule has 0 radical (unpaired) electrons. The van der Waals surface area contributed by atoms with Gasteiger partial charge >= 0.3 is 0 Å². The van der Waals surface area contributed by atoms with Crippen LogP contribution in [-0.2, 0) is 0 Å². The molecule has 0 aliphatic carbocycles. The lowest BCUT2D eigenvalue weighted by atomic mass is 10.1. The van der Waals surface area contributed by atoms with Crippen molar-refractivity contribution in [2.24, 2.45) is 0 Å². The molecule has 0 fully saturated rings. The molecule has 3 nitrogen and oxygen atoms in total. The number of hydrogen-bond donors (Lipinski definition) is 3. The van der Waals surface area contributed by atoms with Crippen molar-refractivity contribution in [3.05, 3.63) is 12.2 Å². The second-order valence-corrected chi connectivity index (χ2v) is 5.41. The molecule has 0 saturated carbocycles. The second-order valence-electron chi connectivity index (χ2n) is 5.41. The van der Waals surface area contributed by atoms with Crippen LogP contribution >= 0.6 is 0 Å². The fraction of sp³-hybridized carbons (Fsp3) is 0.875. The van der Waals surface area contributed by atoms with Gasteiger partial charge in [-0.25, -0.2) is 0 Å². The fourth-order valence-corrected chi connectivity index (χ4v) is 2.17. The standard InChI is InChI=1S/C16H32O3/c1-2-3-4-5-6-7-8-9-10-11-12-13-14-15-16(17,18)19/h14-15,17-19H,2-13H2,1H3/b15-14+. The van der Waals surface area contributed by atoms with Gasteiger partial charge in [0.2, 0.25) is 0 Å².